The van der Waals surface area contributed by atoms with Crippen molar-refractivity contribution in [3.63, 3.8) is 0 Å². The van der Waals surface area contributed by atoms with Crippen molar-refractivity contribution in [2.75, 3.05) is 11.9 Å². The molecule has 0 aliphatic heterocycles. The number of nitrogens with zero attached hydrogens (tertiary/aromatic N) is 1. The van der Waals surface area contributed by atoms with Gasteiger partial charge in [-0.2, -0.15) is 0 Å². The summed E-state index contributed by atoms with van der Waals surface area (Å²) in [6, 6.07) is 8.48. The van der Waals surface area contributed by atoms with Gasteiger partial charge in [0.2, 0.25) is 0 Å². The van der Waals surface area contributed by atoms with E-state index in [1.165, 1.54) is 16.3 Å². The quantitative estimate of drug-likeness (QED) is 0.864. The first-order valence-corrected chi connectivity index (χ1v) is 7.37. The van der Waals surface area contributed by atoms with Gasteiger partial charge in [0, 0.05) is 30.2 Å². The van der Waals surface area contributed by atoms with Crippen LogP contribution < -0.4 is 10.6 Å². The molecule has 0 bridgehead atoms. The predicted molar refractivity (Wildman–Crippen MR) is 87.1 cm³/mol. The minimum absolute atomic E-state index is 0.111. The van der Waals surface area contributed by atoms with Gasteiger partial charge < -0.3 is 10.6 Å². The molecule has 2 aromatic rings. The Morgan fingerprint density at radius 2 is 1.80 bits per heavy atom. The third-order valence-electron chi connectivity index (χ3n) is 3.23. The zero-order valence-corrected chi connectivity index (χ0v) is 13.0. The zero-order valence-electron chi connectivity index (χ0n) is 13.0. The van der Waals surface area contributed by atoms with Crippen LogP contribution in [0.5, 0.6) is 0 Å². The molecular formula is C17H25N3. The highest BCUT2D eigenvalue weighted by atomic mass is 15.0. The molecule has 0 aliphatic rings. The number of anilines is 1. The van der Waals surface area contributed by atoms with Gasteiger partial charge in [0.25, 0.3) is 0 Å². The Labute approximate surface area is 121 Å². The number of nitrogens with one attached hydrogen (secondary N) is 2. The van der Waals surface area contributed by atoms with E-state index in [2.05, 4.69) is 67.6 Å². The van der Waals surface area contributed by atoms with Crippen LogP contribution >= 0.6 is 0 Å². The van der Waals surface area contributed by atoms with Gasteiger partial charge in [0.15, 0.2) is 0 Å². The molecule has 1 aromatic carbocycles. The number of pyridine rings is 1. The van der Waals surface area contributed by atoms with Gasteiger partial charge >= 0.3 is 0 Å². The van der Waals surface area contributed by atoms with Crippen LogP contribution in [0.25, 0.3) is 10.8 Å². The minimum atomic E-state index is 0.111. The maximum Gasteiger partial charge on any atom is 0.133 e. The fourth-order valence-corrected chi connectivity index (χ4v) is 2.14. The van der Waals surface area contributed by atoms with Crippen molar-refractivity contribution in [1.29, 1.82) is 0 Å². The van der Waals surface area contributed by atoms with Gasteiger partial charge in [-0.3, -0.25) is 0 Å². The van der Waals surface area contributed by atoms with E-state index in [1.54, 1.807) is 0 Å². The Hall–Kier alpha value is -1.61. The largest absolute Gasteiger partial charge is 0.370 e. The Bertz CT molecular complexity index is 570. The van der Waals surface area contributed by atoms with E-state index in [9.17, 15) is 0 Å². The summed E-state index contributed by atoms with van der Waals surface area (Å²) in [5.41, 5.74) is 1.36. The summed E-state index contributed by atoms with van der Waals surface area (Å²) in [7, 11) is 0. The van der Waals surface area contributed by atoms with E-state index in [4.69, 9.17) is 0 Å². The molecule has 2 rings (SSSR count). The molecule has 1 aromatic heterocycles. The zero-order chi connectivity index (χ0) is 14.6. The first kappa shape index (κ1) is 14.8. The highest BCUT2D eigenvalue weighted by Crippen LogP contribution is 2.24. The van der Waals surface area contributed by atoms with Crippen LogP contribution in [0, 0.1) is 0 Å². The first-order chi connectivity index (χ1) is 9.51. The third-order valence-corrected chi connectivity index (χ3v) is 3.23. The maximum absolute atomic E-state index is 4.59. The monoisotopic (exact) mass is 271 g/mol. The molecule has 0 atom stereocenters. The maximum atomic E-state index is 4.59. The Kier molecular flexibility index (Phi) is 4.61. The molecule has 1 heterocycles. The predicted octanol–water partition coefficient (Wildman–Crippen LogP) is 3.94. The second-order valence-electron chi connectivity index (χ2n) is 6.21. The van der Waals surface area contributed by atoms with Crippen LogP contribution in [0.4, 0.5) is 5.82 Å². The van der Waals surface area contributed by atoms with E-state index >= 15 is 0 Å². The smallest absolute Gasteiger partial charge is 0.133 e. The highest BCUT2D eigenvalue weighted by Gasteiger charge is 2.11. The summed E-state index contributed by atoms with van der Waals surface area (Å²) in [5.74, 6) is 0.988. The number of hydrogen-bond acceptors (Lipinski definition) is 3. The third kappa shape index (κ3) is 3.70. The molecule has 0 unspecified atom stereocenters. The Balaban J connectivity index is 2.33. The van der Waals surface area contributed by atoms with E-state index < -0.39 is 0 Å². The molecule has 0 saturated carbocycles. The molecule has 2 N–H and O–H groups in total. The number of fused-ring (bicyclic) bond motifs is 1. The number of aromatic nitrogens is 1. The lowest BCUT2D eigenvalue weighted by molar-refractivity contribution is 0.425. The second kappa shape index (κ2) is 6.23. The highest BCUT2D eigenvalue weighted by molar-refractivity contribution is 5.93. The van der Waals surface area contributed by atoms with Crippen LogP contribution in [0.15, 0.2) is 30.5 Å². The summed E-state index contributed by atoms with van der Waals surface area (Å²) in [5, 5.41) is 9.42. The molecule has 3 heteroatoms. The summed E-state index contributed by atoms with van der Waals surface area (Å²) in [4.78, 5) is 4.59. The van der Waals surface area contributed by atoms with Gasteiger partial charge in [-0.15, -0.1) is 0 Å². The first-order valence-electron chi connectivity index (χ1n) is 7.37. The number of benzene rings is 1. The van der Waals surface area contributed by atoms with Crippen LogP contribution in [0.3, 0.4) is 0 Å². The Morgan fingerprint density at radius 3 is 2.45 bits per heavy atom. The van der Waals surface area contributed by atoms with Crippen LogP contribution in [-0.2, 0) is 6.54 Å². The lowest BCUT2D eigenvalue weighted by atomic mass is 10.0. The summed E-state index contributed by atoms with van der Waals surface area (Å²) in [6.45, 7) is 10.5. The van der Waals surface area contributed by atoms with Crippen molar-refractivity contribution in [2.24, 2.45) is 0 Å². The second-order valence-corrected chi connectivity index (χ2v) is 6.21. The van der Waals surface area contributed by atoms with E-state index in [1.807, 2.05) is 6.20 Å². The van der Waals surface area contributed by atoms with Crippen molar-refractivity contribution in [3.05, 3.63) is 36.0 Å². The van der Waals surface area contributed by atoms with E-state index in [0.29, 0.717) is 0 Å². The molecule has 0 fully saturated rings. The fourth-order valence-electron chi connectivity index (χ4n) is 2.14. The lowest BCUT2D eigenvalue weighted by Crippen LogP contribution is -2.35. The van der Waals surface area contributed by atoms with Gasteiger partial charge in [-0.1, -0.05) is 31.2 Å². The van der Waals surface area contributed by atoms with Gasteiger partial charge in [0.1, 0.15) is 5.82 Å². The topological polar surface area (TPSA) is 37.0 Å². The average molecular weight is 271 g/mol. The summed E-state index contributed by atoms with van der Waals surface area (Å²) in [6.07, 6.45) is 3.09. The lowest BCUT2D eigenvalue weighted by Gasteiger charge is -2.21. The summed E-state index contributed by atoms with van der Waals surface area (Å²) < 4.78 is 0. The van der Waals surface area contributed by atoms with Crippen molar-refractivity contribution >= 4 is 16.6 Å². The molecule has 0 saturated heterocycles. The van der Waals surface area contributed by atoms with Crippen LogP contribution in [-0.4, -0.2) is 17.1 Å². The van der Waals surface area contributed by atoms with E-state index in [-0.39, 0.29) is 5.54 Å². The van der Waals surface area contributed by atoms with Crippen LogP contribution in [0.1, 0.15) is 39.7 Å². The van der Waals surface area contributed by atoms with Gasteiger partial charge in [-0.05, 0) is 38.1 Å². The molecule has 0 radical (unpaired) electrons. The molecule has 20 heavy (non-hydrogen) atoms. The van der Waals surface area contributed by atoms with Crippen LogP contribution in [0.2, 0.25) is 0 Å². The molecule has 0 aliphatic carbocycles. The standard InChI is InChI=1S/C17H25N3/c1-5-10-18-16-15-9-7-6-8-14(15)13(11-19-16)12-20-17(2,3)4/h6-9,11,20H,5,10,12H2,1-4H3,(H,18,19). The fraction of sp³-hybridized carbons (Fsp3) is 0.471. The molecule has 108 valence electrons. The normalized spacial score (nSPS) is 11.8. The molecule has 0 amide bonds. The minimum Gasteiger partial charge on any atom is -0.370 e. The molecule has 0 spiro atoms. The number of hydrogen-bond donors (Lipinski definition) is 2. The van der Waals surface area contributed by atoms with Crippen molar-refractivity contribution < 1.29 is 0 Å². The van der Waals surface area contributed by atoms with Gasteiger partial charge in [0.05, 0.1) is 0 Å². The van der Waals surface area contributed by atoms with Crippen molar-refractivity contribution in [1.82, 2.24) is 10.3 Å². The average Bonchev–Trinajstić information content (AvgIpc) is 2.42. The molecular weight excluding hydrogens is 246 g/mol. The van der Waals surface area contributed by atoms with E-state index in [0.717, 1.165) is 25.3 Å². The van der Waals surface area contributed by atoms with Gasteiger partial charge in [-0.25, -0.2) is 4.98 Å². The van der Waals surface area contributed by atoms with Crippen molar-refractivity contribution in [3.8, 4) is 0 Å². The molecule has 3 nitrogen and oxygen atoms in total. The van der Waals surface area contributed by atoms with Crippen molar-refractivity contribution in [2.45, 2.75) is 46.2 Å². The SMILES string of the molecule is CCCNc1ncc(CNC(C)(C)C)c2ccccc12. The number of rotatable bonds is 5. The summed E-state index contributed by atoms with van der Waals surface area (Å²) >= 11 is 0. The Morgan fingerprint density at radius 1 is 1.10 bits per heavy atom.